The number of hydrogen-bond donors (Lipinski definition) is 2. The number of hydrogen-bond acceptors (Lipinski definition) is 6. The Kier molecular flexibility index (Phi) is 5.15. The summed E-state index contributed by atoms with van der Waals surface area (Å²) in [6.07, 6.45) is 0.804. The molecule has 0 fully saturated rings. The van der Waals surface area contributed by atoms with Crippen LogP contribution in [0.15, 0.2) is 12.1 Å². The molecular formula is C10H16N4O3. The number of aromatic nitrogens is 1. The van der Waals surface area contributed by atoms with E-state index in [1.807, 2.05) is 6.92 Å². The highest BCUT2D eigenvalue weighted by atomic mass is 16.6. The van der Waals surface area contributed by atoms with Crippen molar-refractivity contribution in [2.75, 3.05) is 30.8 Å². The minimum Gasteiger partial charge on any atom is -0.383 e. The lowest BCUT2D eigenvalue weighted by atomic mass is 10.3. The second kappa shape index (κ2) is 6.64. The van der Waals surface area contributed by atoms with Crippen LogP contribution in [0.2, 0.25) is 0 Å². The average Bonchev–Trinajstić information content (AvgIpc) is 2.28. The Hall–Kier alpha value is -1.89. The zero-order chi connectivity index (χ0) is 12.7. The monoisotopic (exact) mass is 240 g/mol. The van der Waals surface area contributed by atoms with E-state index in [-0.39, 0.29) is 11.5 Å². The van der Waals surface area contributed by atoms with Crippen LogP contribution in [0.1, 0.15) is 13.3 Å². The summed E-state index contributed by atoms with van der Waals surface area (Å²) in [5, 5.41) is 13.6. The fraction of sp³-hybridized carbons (Fsp3) is 0.500. The summed E-state index contributed by atoms with van der Waals surface area (Å²) in [6.45, 7) is 3.89. The maximum Gasteiger partial charge on any atom is 0.276 e. The SMILES string of the molecule is CCOCCCNc1cc([N+](=O)[O-])cc(N)n1. The summed E-state index contributed by atoms with van der Waals surface area (Å²) in [6, 6.07) is 2.59. The van der Waals surface area contributed by atoms with E-state index in [0.29, 0.717) is 25.6 Å². The Morgan fingerprint density at radius 3 is 3.00 bits per heavy atom. The van der Waals surface area contributed by atoms with Crippen molar-refractivity contribution < 1.29 is 9.66 Å². The summed E-state index contributed by atoms with van der Waals surface area (Å²) < 4.78 is 5.16. The first-order chi connectivity index (χ1) is 8.13. The van der Waals surface area contributed by atoms with Crippen molar-refractivity contribution in [1.82, 2.24) is 4.98 Å². The molecule has 1 heterocycles. The van der Waals surface area contributed by atoms with Crippen LogP contribution in [0.5, 0.6) is 0 Å². The quantitative estimate of drug-likeness (QED) is 0.424. The smallest absolute Gasteiger partial charge is 0.276 e. The van der Waals surface area contributed by atoms with Gasteiger partial charge in [-0.2, -0.15) is 0 Å². The molecule has 1 rings (SSSR count). The van der Waals surface area contributed by atoms with Gasteiger partial charge in [0.2, 0.25) is 0 Å². The minimum atomic E-state index is -0.497. The van der Waals surface area contributed by atoms with Crippen LogP contribution in [0.4, 0.5) is 17.3 Å². The van der Waals surface area contributed by atoms with Crippen LogP contribution in [0.3, 0.4) is 0 Å². The second-order valence-electron chi connectivity index (χ2n) is 3.37. The highest BCUT2D eigenvalue weighted by Gasteiger charge is 2.09. The summed E-state index contributed by atoms with van der Waals surface area (Å²) in [7, 11) is 0. The molecule has 0 radical (unpaired) electrons. The molecule has 7 nitrogen and oxygen atoms in total. The Morgan fingerprint density at radius 1 is 1.59 bits per heavy atom. The molecule has 3 N–H and O–H groups in total. The number of nitrogen functional groups attached to an aromatic ring is 1. The summed E-state index contributed by atoms with van der Waals surface area (Å²) in [4.78, 5) is 14.1. The van der Waals surface area contributed by atoms with Gasteiger partial charge in [-0.05, 0) is 13.3 Å². The van der Waals surface area contributed by atoms with Crippen LogP contribution in [0, 0.1) is 10.1 Å². The molecule has 7 heteroatoms. The molecule has 0 amide bonds. The zero-order valence-electron chi connectivity index (χ0n) is 9.68. The third-order valence-electron chi connectivity index (χ3n) is 2.02. The van der Waals surface area contributed by atoms with Crippen molar-refractivity contribution in [2.24, 2.45) is 0 Å². The van der Waals surface area contributed by atoms with Gasteiger partial charge in [-0.15, -0.1) is 0 Å². The molecule has 0 unspecified atom stereocenters. The van der Waals surface area contributed by atoms with Crippen molar-refractivity contribution in [3.63, 3.8) is 0 Å². The number of nitro groups is 1. The molecule has 1 aromatic rings. The van der Waals surface area contributed by atoms with Gasteiger partial charge in [0, 0.05) is 19.8 Å². The van der Waals surface area contributed by atoms with Gasteiger partial charge in [0.05, 0.1) is 17.1 Å². The van der Waals surface area contributed by atoms with Crippen molar-refractivity contribution in [2.45, 2.75) is 13.3 Å². The Morgan fingerprint density at radius 2 is 2.35 bits per heavy atom. The van der Waals surface area contributed by atoms with E-state index in [2.05, 4.69) is 10.3 Å². The summed E-state index contributed by atoms with van der Waals surface area (Å²) >= 11 is 0. The molecule has 0 saturated carbocycles. The highest BCUT2D eigenvalue weighted by Crippen LogP contribution is 2.18. The predicted molar refractivity (Wildman–Crippen MR) is 64.9 cm³/mol. The maximum absolute atomic E-state index is 10.6. The standard InChI is InChI=1S/C10H16N4O3/c1-2-17-5-3-4-12-10-7-8(14(15)16)6-9(11)13-10/h6-7H,2-5H2,1H3,(H3,11,12,13). The molecule has 0 aliphatic carbocycles. The third-order valence-corrected chi connectivity index (χ3v) is 2.02. The van der Waals surface area contributed by atoms with E-state index in [4.69, 9.17) is 10.5 Å². The van der Waals surface area contributed by atoms with Crippen LogP contribution in [-0.2, 0) is 4.74 Å². The molecule has 0 spiro atoms. The van der Waals surface area contributed by atoms with Gasteiger partial charge in [-0.25, -0.2) is 4.98 Å². The molecule has 0 saturated heterocycles. The molecule has 17 heavy (non-hydrogen) atoms. The topological polar surface area (TPSA) is 103 Å². The number of ether oxygens (including phenoxy) is 1. The molecule has 0 atom stereocenters. The first-order valence-electron chi connectivity index (χ1n) is 5.37. The van der Waals surface area contributed by atoms with Gasteiger partial charge in [-0.3, -0.25) is 10.1 Å². The molecule has 0 aliphatic heterocycles. The van der Waals surface area contributed by atoms with Gasteiger partial charge in [0.1, 0.15) is 11.6 Å². The first-order valence-corrected chi connectivity index (χ1v) is 5.37. The van der Waals surface area contributed by atoms with Gasteiger partial charge in [0.15, 0.2) is 0 Å². The normalized spacial score (nSPS) is 10.2. The van der Waals surface area contributed by atoms with Gasteiger partial charge in [-0.1, -0.05) is 0 Å². The zero-order valence-corrected chi connectivity index (χ0v) is 9.68. The number of anilines is 2. The number of nitrogens with one attached hydrogen (secondary N) is 1. The number of pyridine rings is 1. The van der Waals surface area contributed by atoms with Crippen LogP contribution in [-0.4, -0.2) is 29.7 Å². The van der Waals surface area contributed by atoms with E-state index < -0.39 is 4.92 Å². The summed E-state index contributed by atoms with van der Waals surface area (Å²) in [5.41, 5.74) is 5.40. The number of rotatable bonds is 7. The maximum atomic E-state index is 10.6. The molecule has 0 aliphatic rings. The second-order valence-corrected chi connectivity index (χ2v) is 3.37. The fourth-order valence-electron chi connectivity index (χ4n) is 1.27. The van der Waals surface area contributed by atoms with E-state index in [1.165, 1.54) is 12.1 Å². The van der Waals surface area contributed by atoms with Gasteiger partial charge < -0.3 is 15.8 Å². The average molecular weight is 240 g/mol. The Labute approximate surface area is 99.1 Å². The van der Waals surface area contributed by atoms with E-state index >= 15 is 0 Å². The largest absolute Gasteiger partial charge is 0.383 e. The first kappa shape index (κ1) is 13.2. The van der Waals surface area contributed by atoms with Gasteiger partial charge in [0.25, 0.3) is 5.69 Å². The fourth-order valence-corrected chi connectivity index (χ4v) is 1.27. The third kappa shape index (κ3) is 4.64. The molecule has 0 bridgehead atoms. The molecule has 1 aromatic heterocycles. The van der Waals surface area contributed by atoms with Crippen LogP contribution < -0.4 is 11.1 Å². The van der Waals surface area contributed by atoms with Crippen LogP contribution in [0.25, 0.3) is 0 Å². The molecule has 94 valence electrons. The predicted octanol–water partition coefficient (Wildman–Crippen LogP) is 1.41. The van der Waals surface area contributed by atoms with E-state index in [9.17, 15) is 10.1 Å². The van der Waals surface area contributed by atoms with Crippen molar-refractivity contribution >= 4 is 17.3 Å². The number of nitrogens with zero attached hydrogens (tertiary/aromatic N) is 2. The lowest BCUT2D eigenvalue weighted by Gasteiger charge is -2.06. The molecule has 0 aromatic carbocycles. The Bertz CT molecular complexity index is 384. The molecular weight excluding hydrogens is 224 g/mol. The lowest BCUT2D eigenvalue weighted by Crippen LogP contribution is -2.08. The summed E-state index contributed by atoms with van der Waals surface area (Å²) in [5.74, 6) is 0.541. The van der Waals surface area contributed by atoms with Crippen molar-refractivity contribution in [1.29, 1.82) is 0 Å². The number of nitrogens with two attached hydrogens (primary N) is 1. The van der Waals surface area contributed by atoms with Crippen LogP contribution >= 0.6 is 0 Å². The van der Waals surface area contributed by atoms with E-state index in [1.54, 1.807) is 0 Å². The lowest BCUT2D eigenvalue weighted by molar-refractivity contribution is -0.384. The highest BCUT2D eigenvalue weighted by molar-refractivity contribution is 5.52. The van der Waals surface area contributed by atoms with Gasteiger partial charge >= 0.3 is 0 Å². The minimum absolute atomic E-state index is 0.0650. The Balaban J connectivity index is 2.50. The van der Waals surface area contributed by atoms with E-state index in [0.717, 1.165) is 6.42 Å². The van der Waals surface area contributed by atoms with Crippen molar-refractivity contribution in [3.05, 3.63) is 22.2 Å². The van der Waals surface area contributed by atoms with Crippen molar-refractivity contribution in [3.8, 4) is 0 Å².